The van der Waals surface area contributed by atoms with Crippen molar-refractivity contribution in [1.82, 2.24) is 4.90 Å². The zero-order valence-electron chi connectivity index (χ0n) is 15.4. The molecule has 27 heavy (non-hydrogen) atoms. The Morgan fingerprint density at radius 3 is 2.15 bits per heavy atom. The highest BCUT2D eigenvalue weighted by atomic mass is 35.5. The Morgan fingerprint density at radius 1 is 0.963 bits per heavy atom. The average molecular weight is 396 g/mol. The zero-order chi connectivity index (χ0) is 18.4. The minimum atomic E-state index is -0.576. The number of methoxy groups -OCH3 is 1. The fraction of sp³-hybridized carbons (Fsp3) is 0.400. The molecule has 0 saturated carbocycles. The van der Waals surface area contributed by atoms with Crippen molar-refractivity contribution in [2.24, 2.45) is 0 Å². The van der Waals surface area contributed by atoms with Gasteiger partial charge < -0.3 is 31.9 Å². The lowest BCUT2D eigenvalue weighted by molar-refractivity contribution is -0.00000846. The molecular weight excluding hydrogens is 371 g/mol. The summed E-state index contributed by atoms with van der Waals surface area (Å²) in [7, 11) is 1.67. The second-order valence-electron chi connectivity index (χ2n) is 6.40. The molecule has 2 aromatic carbocycles. The Balaban J connectivity index is 0.00000261. The minimum absolute atomic E-state index is 0. The third kappa shape index (κ3) is 6.27. The van der Waals surface area contributed by atoms with Gasteiger partial charge in [-0.2, -0.15) is 0 Å². The van der Waals surface area contributed by atoms with Gasteiger partial charge in [-0.25, -0.2) is 4.39 Å². The molecule has 1 unspecified atom stereocenters. The number of hydrogen-bond acceptors (Lipinski definition) is 5. The van der Waals surface area contributed by atoms with Gasteiger partial charge in [-0.1, -0.05) is 0 Å². The van der Waals surface area contributed by atoms with E-state index in [-0.39, 0.29) is 24.8 Å². The van der Waals surface area contributed by atoms with Crippen LogP contribution in [0.15, 0.2) is 48.5 Å². The van der Waals surface area contributed by atoms with Crippen LogP contribution in [0, 0.1) is 5.82 Å². The molecule has 148 valence electrons. The van der Waals surface area contributed by atoms with Gasteiger partial charge in [0.1, 0.15) is 30.0 Å². The van der Waals surface area contributed by atoms with Gasteiger partial charge in [0.2, 0.25) is 0 Å². The smallest absolute Gasteiger partial charge is 0.123 e. The van der Waals surface area contributed by atoms with E-state index >= 15 is 0 Å². The van der Waals surface area contributed by atoms with Gasteiger partial charge in [0.05, 0.1) is 7.11 Å². The first-order chi connectivity index (χ1) is 12.6. The molecular formula is C20H25ClFN2O3-. The van der Waals surface area contributed by atoms with E-state index < -0.39 is 6.10 Å². The highest BCUT2D eigenvalue weighted by Crippen LogP contribution is 2.20. The van der Waals surface area contributed by atoms with Crippen LogP contribution in [0.1, 0.15) is 0 Å². The predicted molar refractivity (Wildman–Crippen MR) is 99.5 cm³/mol. The lowest BCUT2D eigenvalue weighted by Gasteiger charge is -2.36. The van der Waals surface area contributed by atoms with Gasteiger partial charge in [-0.15, -0.1) is 0 Å². The molecule has 7 heteroatoms. The van der Waals surface area contributed by atoms with Gasteiger partial charge in [0, 0.05) is 38.4 Å². The number of hydrogen-bond donors (Lipinski definition) is 1. The average Bonchev–Trinajstić information content (AvgIpc) is 2.68. The second-order valence-corrected chi connectivity index (χ2v) is 6.40. The Morgan fingerprint density at radius 2 is 1.56 bits per heavy atom. The van der Waals surface area contributed by atoms with E-state index in [0.717, 1.165) is 31.9 Å². The lowest BCUT2D eigenvalue weighted by Crippen LogP contribution is -3.00. The van der Waals surface area contributed by atoms with Gasteiger partial charge >= 0.3 is 0 Å². The molecule has 5 nitrogen and oxygen atoms in total. The van der Waals surface area contributed by atoms with Crippen molar-refractivity contribution in [3.8, 4) is 11.5 Å². The van der Waals surface area contributed by atoms with E-state index in [1.165, 1.54) is 17.8 Å². The Hall–Kier alpha value is -2.02. The first-order valence-electron chi connectivity index (χ1n) is 8.82. The van der Waals surface area contributed by atoms with Crippen LogP contribution in [0.25, 0.3) is 0 Å². The van der Waals surface area contributed by atoms with E-state index in [9.17, 15) is 9.50 Å². The van der Waals surface area contributed by atoms with Crippen LogP contribution >= 0.6 is 0 Å². The number of anilines is 1. The summed E-state index contributed by atoms with van der Waals surface area (Å²) >= 11 is 0. The molecule has 0 spiro atoms. The van der Waals surface area contributed by atoms with Gasteiger partial charge in [-0.05, 0) is 48.5 Å². The van der Waals surface area contributed by atoms with E-state index in [2.05, 4.69) is 21.9 Å². The number of rotatable bonds is 7. The van der Waals surface area contributed by atoms with E-state index in [1.807, 2.05) is 12.1 Å². The van der Waals surface area contributed by atoms with Crippen molar-refractivity contribution >= 4 is 5.69 Å². The Bertz CT molecular complexity index is 677. The van der Waals surface area contributed by atoms with Gasteiger partial charge in [0.25, 0.3) is 0 Å². The summed E-state index contributed by atoms with van der Waals surface area (Å²) in [5.74, 6) is 1.12. The molecule has 0 bridgehead atoms. The molecule has 1 atom stereocenters. The van der Waals surface area contributed by atoms with Crippen molar-refractivity contribution in [2.75, 3.05) is 51.3 Å². The van der Waals surface area contributed by atoms with Crippen molar-refractivity contribution in [3.63, 3.8) is 0 Å². The second kappa shape index (κ2) is 10.3. The maximum Gasteiger partial charge on any atom is 0.123 e. The van der Waals surface area contributed by atoms with Crippen molar-refractivity contribution < 1.29 is 31.4 Å². The van der Waals surface area contributed by atoms with Crippen LogP contribution in [-0.4, -0.2) is 62.6 Å². The molecule has 0 aromatic heterocycles. The summed E-state index contributed by atoms with van der Waals surface area (Å²) in [5, 5.41) is 10.2. The first kappa shape index (κ1) is 21.3. The first-order valence-corrected chi connectivity index (χ1v) is 8.82. The van der Waals surface area contributed by atoms with Crippen LogP contribution in [0.2, 0.25) is 0 Å². The summed E-state index contributed by atoms with van der Waals surface area (Å²) < 4.78 is 23.6. The normalized spacial score (nSPS) is 15.7. The molecule has 0 radical (unpaired) electrons. The summed E-state index contributed by atoms with van der Waals surface area (Å²) in [4.78, 5) is 4.57. The summed E-state index contributed by atoms with van der Waals surface area (Å²) in [6.07, 6.45) is -0.576. The van der Waals surface area contributed by atoms with Crippen LogP contribution in [0.4, 0.5) is 10.1 Å². The number of piperazine rings is 1. The Kier molecular flexibility index (Phi) is 8.16. The fourth-order valence-corrected chi connectivity index (χ4v) is 3.06. The SMILES string of the molecule is COc1ccc(N2CCN(CC(O)COc3ccc(F)cc3)CC2)cc1.[Cl-]. The summed E-state index contributed by atoms with van der Waals surface area (Å²) in [5.41, 5.74) is 1.19. The summed E-state index contributed by atoms with van der Waals surface area (Å²) in [6, 6.07) is 13.9. The number of β-amino-alcohol motifs (C(OH)–C–C–N with tert-alkyl or cyclic N) is 1. The highest BCUT2D eigenvalue weighted by molar-refractivity contribution is 5.49. The zero-order valence-corrected chi connectivity index (χ0v) is 16.1. The van der Waals surface area contributed by atoms with Crippen LogP contribution < -0.4 is 26.8 Å². The largest absolute Gasteiger partial charge is 1.00 e. The number of aliphatic hydroxyl groups excluding tert-OH is 1. The Labute approximate surface area is 165 Å². The fourth-order valence-electron chi connectivity index (χ4n) is 3.06. The molecule has 3 rings (SSSR count). The molecule has 2 aromatic rings. The van der Waals surface area contributed by atoms with Crippen LogP contribution in [0.5, 0.6) is 11.5 Å². The monoisotopic (exact) mass is 395 g/mol. The predicted octanol–water partition coefficient (Wildman–Crippen LogP) is -0.600. The topological polar surface area (TPSA) is 45.2 Å². The standard InChI is InChI=1S/C20H25FN2O3.ClH/c1-25-19-8-4-17(5-9-19)23-12-10-22(11-13-23)14-18(24)15-26-20-6-2-16(21)3-7-20;/h2-9,18,24H,10-15H2,1H3;1H/p-1. The highest BCUT2D eigenvalue weighted by Gasteiger charge is 2.19. The third-order valence-electron chi connectivity index (χ3n) is 4.53. The molecule has 1 saturated heterocycles. The molecule has 0 aliphatic carbocycles. The lowest BCUT2D eigenvalue weighted by atomic mass is 10.2. The molecule has 0 amide bonds. The van der Waals surface area contributed by atoms with E-state index in [0.29, 0.717) is 12.3 Å². The minimum Gasteiger partial charge on any atom is -1.00 e. The molecule has 1 fully saturated rings. The number of halogens is 2. The van der Waals surface area contributed by atoms with Gasteiger partial charge in [0.15, 0.2) is 0 Å². The van der Waals surface area contributed by atoms with Crippen molar-refractivity contribution in [1.29, 1.82) is 0 Å². The quantitative estimate of drug-likeness (QED) is 0.678. The maximum absolute atomic E-state index is 12.9. The maximum atomic E-state index is 12.9. The van der Waals surface area contributed by atoms with Gasteiger partial charge in [-0.3, -0.25) is 4.90 Å². The summed E-state index contributed by atoms with van der Waals surface area (Å²) in [6.45, 7) is 4.37. The number of benzene rings is 2. The van der Waals surface area contributed by atoms with E-state index in [4.69, 9.17) is 9.47 Å². The van der Waals surface area contributed by atoms with E-state index in [1.54, 1.807) is 19.2 Å². The number of aliphatic hydroxyl groups is 1. The molecule has 1 N–H and O–H groups in total. The van der Waals surface area contributed by atoms with Crippen LogP contribution in [0.3, 0.4) is 0 Å². The van der Waals surface area contributed by atoms with Crippen molar-refractivity contribution in [3.05, 3.63) is 54.3 Å². The molecule has 1 heterocycles. The molecule has 1 aliphatic heterocycles. The third-order valence-corrected chi connectivity index (χ3v) is 4.53. The number of ether oxygens (including phenoxy) is 2. The molecule has 1 aliphatic rings. The van der Waals surface area contributed by atoms with Crippen LogP contribution in [-0.2, 0) is 0 Å². The van der Waals surface area contributed by atoms with Crippen molar-refractivity contribution in [2.45, 2.75) is 6.10 Å². The number of nitrogens with zero attached hydrogens (tertiary/aromatic N) is 2.